The summed E-state index contributed by atoms with van der Waals surface area (Å²) < 4.78 is 1.38. The van der Waals surface area contributed by atoms with Crippen LogP contribution in [0.5, 0.6) is 0 Å². The van der Waals surface area contributed by atoms with E-state index in [2.05, 4.69) is 10.3 Å². The molecule has 0 fully saturated rings. The van der Waals surface area contributed by atoms with Crippen molar-refractivity contribution in [2.24, 2.45) is 17.6 Å². The Kier molecular flexibility index (Phi) is 7.03. The molecule has 0 aliphatic heterocycles. The quantitative estimate of drug-likeness (QED) is 0.750. The first-order valence-corrected chi connectivity index (χ1v) is 9.33. The van der Waals surface area contributed by atoms with E-state index in [-0.39, 0.29) is 42.7 Å². The van der Waals surface area contributed by atoms with Crippen LogP contribution in [0.1, 0.15) is 56.6 Å². The fourth-order valence-corrected chi connectivity index (χ4v) is 2.81. The van der Waals surface area contributed by atoms with Crippen molar-refractivity contribution in [2.75, 3.05) is 4.90 Å². The van der Waals surface area contributed by atoms with E-state index < -0.39 is 17.7 Å². The fourth-order valence-electron chi connectivity index (χ4n) is 2.81. The zero-order chi connectivity index (χ0) is 20.8. The molecule has 8 nitrogen and oxygen atoms in total. The second kappa shape index (κ2) is 9.25. The van der Waals surface area contributed by atoms with E-state index in [0.717, 1.165) is 10.5 Å². The number of amides is 3. The monoisotopic (exact) mass is 385 g/mol. The van der Waals surface area contributed by atoms with E-state index in [0.29, 0.717) is 0 Å². The van der Waals surface area contributed by atoms with E-state index >= 15 is 0 Å². The zero-order valence-electron chi connectivity index (χ0n) is 16.8. The molecule has 28 heavy (non-hydrogen) atoms. The number of nitrogens with zero attached hydrogens (tertiary/aromatic N) is 4. The van der Waals surface area contributed by atoms with E-state index in [1.165, 1.54) is 4.68 Å². The maximum absolute atomic E-state index is 12.9. The number of aromatic nitrogens is 3. The number of nitrogens with two attached hydrogens (primary N) is 1. The summed E-state index contributed by atoms with van der Waals surface area (Å²) in [4.78, 5) is 38.8. The lowest BCUT2D eigenvalue weighted by Crippen LogP contribution is -2.41. The first kappa shape index (κ1) is 21.3. The lowest BCUT2D eigenvalue weighted by Gasteiger charge is -2.23. The van der Waals surface area contributed by atoms with E-state index in [1.807, 2.05) is 58.0 Å². The van der Waals surface area contributed by atoms with Crippen molar-refractivity contribution in [1.82, 2.24) is 15.0 Å². The van der Waals surface area contributed by atoms with Crippen molar-refractivity contribution in [3.63, 3.8) is 0 Å². The van der Waals surface area contributed by atoms with Gasteiger partial charge in [0.05, 0.1) is 6.54 Å². The molecular formula is C20H27N5O3. The summed E-state index contributed by atoms with van der Waals surface area (Å²) in [6.07, 6.45) is 0.303. The first-order chi connectivity index (χ1) is 13.2. The molecule has 0 saturated carbocycles. The Morgan fingerprint density at radius 3 is 2.00 bits per heavy atom. The second-order valence-corrected chi connectivity index (χ2v) is 7.59. The van der Waals surface area contributed by atoms with Gasteiger partial charge in [0.25, 0.3) is 5.91 Å². The number of carbonyl (C=O) groups excluding carboxylic acids is 3. The minimum absolute atomic E-state index is 0.0349. The van der Waals surface area contributed by atoms with Gasteiger partial charge in [0.1, 0.15) is 0 Å². The Morgan fingerprint density at radius 1 is 1.00 bits per heavy atom. The highest BCUT2D eigenvalue weighted by Gasteiger charge is 2.32. The molecule has 0 aliphatic carbocycles. The Bertz CT molecular complexity index is 821. The van der Waals surface area contributed by atoms with E-state index in [4.69, 9.17) is 5.73 Å². The summed E-state index contributed by atoms with van der Waals surface area (Å²) in [5.74, 6) is -1.53. The number of anilines is 1. The topological polar surface area (TPSA) is 111 Å². The van der Waals surface area contributed by atoms with Gasteiger partial charge >= 0.3 is 0 Å². The van der Waals surface area contributed by atoms with Gasteiger partial charge < -0.3 is 5.73 Å². The van der Waals surface area contributed by atoms with Crippen LogP contribution in [-0.4, -0.2) is 32.7 Å². The number of rotatable bonds is 8. The molecule has 0 bridgehead atoms. The van der Waals surface area contributed by atoms with Gasteiger partial charge in [0.15, 0.2) is 11.5 Å². The lowest BCUT2D eigenvalue weighted by molar-refractivity contribution is -0.127. The number of carbonyl (C=O) groups is 3. The van der Waals surface area contributed by atoms with Gasteiger partial charge in [-0.3, -0.25) is 14.4 Å². The Morgan fingerprint density at radius 2 is 1.54 bits per heavy atom. The van der Waals surface area contributed by atoms with Crippen molar-refractivity contribution in [2.45, 2.75) is 47.1 Å². The average molecular weight is 385 g/mol. The normalized spacial score (nSPS) is 11.1. The van der Waals surface area contributed by atoms with Gasteiger partial charge in [-0.25, -0.2) is 9.58 Å². The third kappa shape index (κ3) is 5.25. The van der Waals surface area contributed by atoms with Crippen molar-refractivity contribution >= 4 is 23.5 Å². The Hall–Kier alpha value is -3.03. The lowest BCUT2D eigenvalue weighted by atomic mass is 10.1. The van der Waals surface area contributed by atoms with Gasteiger partial charge in [-0.2, -0.15) is 0 Å². The smallest absolute Gasteiger partial charge is 0.273 e. The zero-order valence-corrected chi connectivity index (χ0v) is 16.8. The molecule has 0 aliphatic rings. The summed E-state index contributed by atoms with van der Waals surface area (Å²) in [7, 11) is 0. The molecule has 0 unspecified atom stereocenters. The van der Waals surface area contributed by atoms with Crippen LogP contribution in [0.4, 0.5) is 5.82 Å². The van der Waals surface area contributed by atoms with Gasteiger partial charge in [-0.05, 0) is 17.4 Å². The third-order valence-electron chi connectivity index (χ3n) is 3.99. The van der Waals surface area contributed by atoms with Gasteiger partial charge in [0, 0.05) is 12.8 Å². The highest BCUT2D eigenvalue weighted by molar-refractivity contribution is 6.16. The molecule has 2 aromatic rings. The fraction of sp³-hybridized carbons (Fsp3) is 0.450. The minimum atomic E-state index is -0.839. The molecule has 8 heteroatoms. The molecule has 1 aromatic carbocycles. The molecule has 150 valence electrons. The molecule has 0 saturated heterocycles. The molecule has 0 spiro atoms. The highest BCUT2D eigenvalue weighted by atomic mass is 16.2. The summed E-state index contributed by atoms with van der Waals surface area (Å²) >= 11 is 0. The Labute approximate surface area is 164 Å². The SMILES string of the molecule is CC(C)CC(=O)N(C(=O)CC(C)C)c1c(C(N)=O)nnn1Cc1ccccc1. The highest BCUT2D eigenvalue weighted by Crippen LogP contribution is 2.24. The summed E-state index contributed by atoms with van der Waals surface area (Å²) in [6, 6.07) is 9.38. The van der Waals surface area contributed by atoms with Gasteiger partial charge in [0.2, 0.25) is 11.8 Å². The molecule has 2 N–H and O–H groups in total. The van der Waals surface area contributed by atoms with Crippen LogP contribution in [0.2, 0.25) is 0 Å². The molecule has 2 rings (SSSR count). The van der Waals surface area contributed by atoms with Crippen molar-refractivity contribution in [1.29, 1.82) is 0 Å². The Balaban J connectivity index is 2.55. The maximum Gasteiger partial charge on any atom is 0.273 e. The van der Waals surface area contributed by atoms with Crippen LogP contribution in [0.15, 0.2) is 30.3 Å². The van der Waals surface area contributed by atoms with Crippen molar-refractivity contribution in [3.8, 4) is 0 Å². The van der Waals surface area contributed by atoms with Crippen LogP contribution >= 0.6 is 0 Å². The van der Waals surface area contributed by atoms with Crippen LogP contribution in [0.3, 0.4) is 0 Å². The number of hydrogen-bond donors (Lipinski definition) is 1. The van der Waals surface area contributed by atoms with Crippen LogP contribution in [0.25, 0.3) is 0 Å². The van der Waals surface area contributed by atoms with E-state index in [9.17, 15) is 14.4 Å². The average Bonchev–Trinajstić information content (AvgIpc) is 2.98. The molecule has 1 aromatic heterocycles. The molecule has 0 radical (unpaired) electrons. The van der Waals surface area contributed by atoms with Crippen molar-refractivity contribution in [3.05, 3.63) is 41.6 Å². The van der Waals surface area contributed by atoms with Crippen LogP contribution in [0, 0.1) is 11.8 Å². The molecule has 3 amide bonds. The standard InChI is InChI=1S/C20H27N5O3/c1-13(2)10-16(26)25(17(27)11-14(3)4)20-18(19(21)28)22-23-24(20)12-15-8-6-5-7-9-15/h5-9,13-14H,10-12H2,1-4H3,(H2,21,28). The summed E-state index contributed by atoms with van der Waals surface area (Å²) in [5.41, 5.74) is 6.15. The van der Waals surface area contributed by atoms with Gasteiger partial charge in [-0.15, -0.1) is 5.10 Å². The predicted molar refractivity (Wildman–Crippen MR) is 105 cm³/mol. The number of imide groups is 1. The third-order valence-corrected chi connectivity index (χ3v) is 3.99. The molecular weight excluding hydrogens is 358 g/mol. The molecule has 0 atom stereocenters. The minimum Gasteiger partial charge on any atom is -0.364 e. The number of hydrogen-bond acceptors (Lipinski definition) is 5. The summed E-state index contributed by atoms with van der Waals surface area (Å²) in [6.45, 7) is 7.79. The van der Waals surface area contributed by atoms with Gasteiger partial charge in [-0.1, -0.05) is 63.2 Å². The van der Waals surface area contributed by atoms with E-state index in [1.54, 1.807) is 0 Å². The first-order valence-electron chi connectivity index (χ1n) is 9.33. The van der Waals surface area contributed by atoms with Crippen molar-refractivity contribution < 1.29 is 14.4 Å². The largest absolute Gasteiger partial charge is 0.364 e. The van der Waals surface area contributed by atoms with Crippen LogP contribution < -0.4 is 10.6 Å². The predicted octanol–water partition coefficient (Wildman–Crippen LogP) is 2.38. The van der Waals surface area contributed by atoms with Crippen LogP contribution in [-0.2, 0) is 16.1 Å². The number of benzene rings is 1. The maximum atomic E-state index is 12.9. The summed E-state index contributed by atoms with van der Waals surface area (Å²) in [5, 5.41) is 7.84. The second-order valence-electron chi connectivity index (χ2n) is 7.59. The number of primary amides is 1. The molecule has 1 heterocycles.